The molecule has 2 aromatic rings. The maximum absolute atomic E-state index is 11.4. The average Bonchev–Trinajstić information content (AvgIpc) is 3.13. The van der Waals surface area contributed by atoms with Gasteiger partial charge in [-0.15, -0.1) is 0 Å². The van der Waals surface area contributed by atoms with Gasteiger partial charge in [-0.1, -0.05) is 37.6 Å². The van der Waals surface area contributed by atoms with Crippen molar-refractivity contribution in [3.8, 4) is 11.5 Å². The summed E-state index contributed by atoms with van der Waals surface area (Å²) in [6.45, 7) is 4.87. The number of methoxy groups -OCH3 is 1. The summed E-state index contributed by atoms with van der Waals surface area (Å²) >= 11 is 6.04. The Balaban J connectivity index is 1.73. The molecule has 0 radical (unpaired) electrons. The molecule has 1 aliphatic carbocycles. The van der Waals surface area contributed by atoms with Crippen LogP contribution in [0, 0.1) is 11.3 Å². The van der Waals surface area contributed by atoms with Crippen LogP contribution in [-0.4, -0.2) is 22.1 Å². The van der Waals surface area contributed by atoms with Crippen LogP contribution in [0.25, 0.3) is 0 Å². The molecule has 3 rings (SSSR count). The molecule has 0 aliphatic heterocycles. The van der Waals surface area contributed by atoms with Gasteiger partial charge in [0.05, 0.1) is 18.6 Å². The summed E-state index contributed by atoms with van der Waals surface area (Å²) in [7, 11) is -2.09. The zero-order chi connectivity index (χ0) is 19.1. The Kier molecular flexibility index (Phi) is 4.94. The summed E-state index contributed by atoms with van der Waals surface area (Å²) in [5.41, 5.74) is 1.13. The minimum atomic E-state index is -3.68. The van der Waals surface area contributed by atoms with Gasteiger partial charge in [0.1, 0.15) is 0 Å². The van der Waals surface area contributed by atoms with E-state index in [1.54, 1.807) is 37.4 Å². The van der Waals surface area contributed by atoms with Crippen LogP contribution in [0.4, 0.5) is 0 Å². The van der Waals surface area contributed by atoms with Crippen molar-refractivity contribution in [3.63, 3.8) is 0 Å². The van der Waals surface area contributed by atoms with Crippen LogP contribution in [0.3, 0.4) is 0 Å². The van der Waals surface area contributed by atoms with Gasteiger partial charge in [-0.05, 0) is 41.2 Å². The van der Waals surface area contributed by atoms with Crippen LogP contribution in [0.15, 0.2) is 47.4 Å². The maximum atomic E-state index is 11.4. The predicted molar refractivity (Wildman–Crippen MR) is 101 cm³/mol. The first kappa shape index (κ1) is 19.0. The van der Waals surface area contributed by atoms with Gasteiger partial charge in [0.2, 0.25) is 10.0 Å². The van der Waals surface area contributed by atoms with Gasteiger partial charge in [-0.3, -0.25) is 0 Å². The second kappa shape index (κ2) is 6.76. The number of hydrogen-bond acceptors (Lipinski definition) is 4. The van der Waals surface area contributed by atoms with Crippen molar-refractivity contribution in [2.75, 3.05) is 13.7 Å². The maximum Gasteiger partial charge on any atom is 0.238 e. The molecule has 140 valence electrons. The van der Waals surface area contributed by atoms with Crippen LogP contribution in [0.2, 0.25) is 5.02 Å². The number of halogens is 1. The molecule has 2 unspecified atom stereocenters. The first-order valence-corrected chi connectivity index (χ1v) is 10.2. The molecule has 0 spiro atoms. The highest BCUT2D eigenvalue weighted by Crippen LogP contribution is 2.64. The lowest BCUT2D eigenvalue weighted by Crippen LogP contribution is -2.11. The van der Waals surface area contributed by atoms with Crippen molar-refractivity contribution in [3.05, 3.63) is 53.1 Å². The van der Waals surface area contributed by atoms with E-state index in [0.29, 0.717) is 29.0 Å². The standard InChI is InChI=1S/C19H22ClNO4S/c1-19(2)15(11-25-17-10-13(20)6-9-16(17)24-3)18(19)12-4-7-14(8-5-12)26(21,22)23/h4-10,15,18H,11H2,1-3H3,(H2,21,22,23). The highest BCUT2D eigenvalue weighted by molar-refractivity contribution is 7.89. The van der Waals surface area contributed by atoms with Crippen molar-refractivity contribution in [1.82, 2.24) is 0 Å². The minimum Gasteiger partial charge on any atom is -0.493 e. The third kappa shape index (κ3) is 3.68. The van der Waals surface area contributed by atoms with Gasteiger partial charge in [0.15, 0.2) is 11.5 Å². The fourth-order valence-electron chi connectivity index (χ4n) is 3.52. The number of hydrogen-bond donors (Lipinski definition) is 1. The SMILES string of the molecule is COc1ccc(Cl)cc1OCC1C(c2ccc(S(N)(=O)=O)cc2)C1(C)C. The molecule has 2 aromatic carbocycles. The second-order valence-corrected chi connectivity index (χ2v) is 9.12. The van der Waals surface area contributed by atoms with Gasteiger partial charge >= 0.3 is 0 Å². The van der Waals surface area contributed by atoms with Crippen molar-refractivity contribution >= 4 is 21.6 Å². The monoisotopic (exact) mass is 395 g/mol. The van der Waals surface area contributed by atoms with E-state index in [0.717, 1.165) is 5.56 Å². The van der Waals surface area contributed by atoms with Crippen LogP contribution in [0.1, 0.15) is 25.3 Å². The number of rotatable bonds is 6. The predicted octanol–water partition coefficient (Wildman–Crippen LogP) is 3.81. The van der Waals surface area contributed by atoms with E-state index in [-0.39, 0.29) is 16.2 Å². The average molecular weight is 396 g/mol. The Morgan fingerprint density at radius 3 is 2.35 bits per heavy atom. The number of benzene rings is 2. The number of primary sulfonamides is 1. The van der Waals surface area contributed by atoms with E-state index < -0.39 is 10.0 Å². The summed E-state index contributed by atoms with van der Waals surface area (Å²) in [6.07, 6.45) is 0. The molecule has 26 heavy (non-hydrogen) atoms. The Hall–Kier alpha value is -1.76. The second-order valence-electron chi connectivity index (χ2n) is 7.13. The normalized spacial score (nSPS) is 21.3. The molecule has 0 saturated heterocycles. The summed E-state index contributed by atoms with van der Waals surface area (Å²) in [5, 5.41) is 5.75. The highest BCUT2D eigenvalue weighted by Gasteiger charge is 2.58. The fourth-order valence-corrected chi connectivity index (χ4v) is 4.20. The van der Waals surface area contributed by atoms with Gasteiger partial charge < -0.3 is 9.47 Å². The number of sulfonamides is 1. The molecule has 0 heterocycles. The van der Waals surface area contributed by atoms with Crippen LogP contribution >= 0.6 is 11.6 Å². The molecular weight excluding hydrogens is 374 g/mol. The van der Waals surface area contributed by atoms with Gasteiger partial charge in [0.25, 0.3) is 0 Å². The van der Waals surface area contributed by atoms with Crippen LogP contribution in [0.5, 0.6) is 11.5 Å². The number of nitrogens with two attached hydrogens (primary N) is 1. The molecule has 5 nitrogen and oxygen atoms in total. The van der Waals surface area contributed by atoms with E-state index in [2.05, 4.69) is 13.8 Å². The minimum absolute atomic E-state index is 0.0505. The summed E-state index contributed by atoms with van der Waals surface area (Å²) in [5.74, 6) is 1.83. The molecule has 1 fully saturated rings. The van der Waals surface area contributed by atoms with Crippen molar-refractivity contribution < 1.29 is 17.9 Å². The molecule has 1 saturated carbocycles. The Bertz CT molecular complexity index is 910. The van der Waals surface area contributed by atoms with E-state index >= 15 is 0 Å². The molecule has 0 bridgehead atoms. The van der Waals surface area contributed by atoms with E-state index in [9.17, 15) is 8.42 Å². The summed E-state index contributed by atoms with van der Waals surface area (Å²) in [6, 6.07) is 12.0. The largest absolute Gasteiger partial charge is 0.493 e. The summed E-state index contributed by atoms with van der Waals surface area (Å²) < 4.78 is 34.1. The quantitative estimate of drug-likeness (QED) is 0.806. The van der Waals surface area contributed by atoms with Crippen LogP contribution < -0.4 is 14.6 Å². The highest BCUT2D eigenvalue weighted by atomic mass is 35.5. The van der Waals surface area contributed by atoms with Crippen molar-refractivity contribution in [1.29, 1.82) is 0 Å². The Morgan fingerprint density at radius 2 is 1.77 bits per heavy atom. The Morgan fingerprint density at radius 1 is 1.12 bits per heavy atom. The van der Waals surface area contributed by atoms with Crippen LogP contribution in [-0.2, 0) is 10.0 Å². The third-order valence-electron chi connectivity index (χ3n) is 5.16. The first-order chi connectivity index (χ1) is 12.1. The number of ether oxygens (including phenoxy) is 2. The summed E-state index contributed by atoms with van der Waals surface area (Å²) in [4.78, 5) is 0.121. The molecule has 0 amide bonds. The molecule has 0 aromatic heterocycles. The smallest absolute Gasteiger partial charge is 0.238 e. The lowest BCUT2D eigenvalue weighted by molar-refractivity contribution is 0.264. The lowest BCUT2D eigenvalue weighted by Gasteiger charge is -2.11. The molecule has 1 aliphatic rings. The molecular formula is C19H22ClNO4S. The van der Waals surface area contributed by atoms with Crippen molar-refractivity contribution in [2.45, 2.75) is 24.7 Å². The van der Waals surface area contributed by atoms with Gasteiger partial charge in [-0.25, -0.2) is 13.6 Å². The van der Waals surface area contributed by atoms with E-state index in [1.165, 1.54) is 0 Å². The third-order valence-corrected chi connectivity index (χ3v) is 6.33. The molecule has 7 heteroatoms. The molecule has 2 N–H and O–H groups in total. The van der Waals surface area contributed by atoms with E-state index in [1.807, 2.05) is 12.1 Å². The first-order valence-electron chi connectivity index (χ1n) is 8.23. The topological polar surface area (TPSA) is 78.6 Å². The van der Waals surface area contributed by atoms with Gasteiger partial charge in [0, 0.05) is 17.0 Å². The Labute approximate surface area is 159 Å². The fraction of sp³-hybridized carbons (Fsp3) is 0.368. The van der Waals surface area contributed by atoms with Gasteiger partial charge in [-0.2, -0.15) is 0 Å². The van der Waals surface area contributed by atoms with Crippen molar-refractivity contribution in [2.24, 2.45) is 16.5 Å². The zero-order valence-electron chi connectivity index (χ0n) is 14.9. The zero-order valence-corrected chi connectivity index (χ0v) is 16.5. The molecule has 2 atom stereocenters. The lowest BCUT2D eigenvalue weighted by atomic mass is 10.0. The van der Waals surface area contributed by atoms with E-state index in [4.69, 9.17) is 26.2 Å².